The van der Waals surface area contributed by atoms with Crippen LogP contribution >= 0.6 is 7.14 Å². The molecular weight excluding hydrogens is 660 g/mol. The number of ether oxygens (including phenoxy) is 2. The number of aromatic amines is 1. The Hall–Kier alpha value is -3.64. The quantitative estimate of drug-likeness (QED) is 0.141. The fourth-order valence-electron chi connectivity index (χ4n) is 6.93. The highest BCUT2D eigenvalue weighted by Gasteiger charge is 2.37. The molecule has 0 spiro atoms. The maximum Gasteiger partial charge on any atom is 0.419 e. The van der Waals surface area contributed by atoms with Crippen molar-refractivity contribution in [1.29, 1.82) is 0 Å². The number of nitrogens with one attached hydrogen (secondary N) is 4. The second kappa shape index (κ2) is 14.3. The summed E-state index contributed by atoms with van der Waals surface area (Å²) in [4.78, 5) is 35.8. The Labute approximate surface area is 284 Å². The third kappa shape index (κ3) is 8.94. The van der Waals surface area contributed by atoms with Crippen LogP contribution in [0.4, 0.5) is 23.9 Å². The van der Waals surface area contributed by atoms with Gasteiger partial charge in [0.15, 0.2) is 0 Å². The molecule has 2 aliphatic carbocycles. The highest BCUT2D eigenvalue weighted by Crippen LogP contribution is 2.43. The lowest BCUT2D eigenvalue weighted by Crippen LogP contribution is -2.42. The molecule has 4 N–H and O–H groups in total. The summed E-state index contributed by atoms with van der Waals surface area (Å²) in [5.41, 5.74) is -1.31. The van der Waals surface area contributed by atoms with E-state index in [0.717, 1.165) is 51.1 Å². The minimum atomic E-state index is -4.73. The number of anilines is 1. The molecule has 3 aromatic rings. The average molecular weight is 707 g/mol. The van der Waals surface area contributed by atoms with Gasteiger partial charge in [0.1, 0.15) is 18.3 Å². The molecule has 2 heterocycles. The third-order valence-corrected chi connectivity index (χ3v) is 10.7. The van der Waals surface area contributed by atoms with Crippen molar-refractivity contribution >= 4 is 41.4 Å². The number of alkyl halides is 3. The van der Waals surface area contributed by atoms with Crippen LogP contribution in [0.3, 0.4) is 0 Å². The first kappa shape index (κ1) is 36.6. The van der Waals surface area contributed by atoms with Crippen molar-refractivity contribution in [3.63, 3.8) is 0 Å². The summed E-state index contributed by atoms with van der Waals surface area (Å²) in [7, 11) is -1.87. The second-order valence-electron chi connectivity index (χ2n) is 14.5. The van der Waals surface area contributed by atoms with Crippen LogP contribution in [0.5, 0.6) is 0 Å². The average Bonchev–Trinajstić information content (AvgIpc) is 3.64. The molecule has 2 aliphatic rings. The number of hydrogen-bond acceptors (Lipinski definition) is 9. The molecule has 2 aromatic heterocycles. The number of aromatic nitrogens is 3. The van der Waals surface area contributed by atoms with Crippen LogP contribution in [0.25, 0.3) is 22.2 Å². The van der Waals surface area contributed by atoms with Crippen LogP contribution in [0.2, 0.25) is 0 Å². The van der Waals surface area contributed by atoms with Crippen molar-refractivity contribution in [3.05, 3.63) is 35.7 Å². The van der Waals surface area contributed by atoms with Gasteiger partial charge in [-0.05, 0) is 91.0 Å². The van der Waals surface area contributed by atoms with Gasteiger partial charge in [-0.1, -0.05) is 6.07 Å². The number of carbonyl (C=O) groups is 2. The lowest BCUT2D eigenvalue weighted by atomic mass is 9.85. The first-order valence-corrected chi connectivity index (χ1v) is 19.2. The zero-order valence-corrected chi connectivity index (χ0v) is 29.7. The molecule has 15 heteroatoms. The maximum atomic E-state index is 14.2. The Morgan fingerprint density at radius 1 is 1.02 bits per heavy atom. The van der Waals surface area contributed by atoms with Crippen molar-refractivity contribution in [2.45, 2.75) is 95.6 Å². The standard InChI is InChI=1S/C34H46F3N6O5P/c1-33(2,3)48-32(45)40-16-19-7-9-20(10-8-19)41-21-11-12-22(15-21)42-31-39-18-26(34(35,36)37)27(43-31)25-17-38-28-23(25)13-14-24(30(44)47-4)29(28)49(5,6)46/h13-14,17-22,38,41H,7-12,15-16H2,1-6H3,(H,40,45)(H,39,42,43)/t19?,20?,21-,22-/m0/s1. The van der Waals surface area contributed by atoms with E-state index in [9.17, 15) is 27.3 Å². The smallest absolute Gasteiger partial charge is 0.419 e. The molecule has 268 valence electrons. The minimum absolute atomic E-state index is 0.0281. The lowest BCUT2D eigenvalue weighted by molar-refractivity contribution is -0.137. The topological polar surface area (TPSA) is 147 Å². The Morgan fingerprint density at radius 3 is 2.33 bits per heavy atom. The summed E-state index contributed by atoms with van der Waals surface area (Å²) >= 11 is 0. The van der Waals surface area contributed by atoms with Gasteiger partial charge in [0.05, 0.1) is 23.9 Å². The number of amides is 1. The number of hydrogen-bond donors (Lipinski definition) is 4. The van der Waals surface area contributed by atoms with Crippen molar-refractivity contribution in [2.75, 3.05) is 32.3 Å². The van der Waals surface area contributed by atoms with Crippen LogP contribution < -0.4 is 21.3 Å². The SMILES string of the molecule is COC(=O)c1ccc2c(-c3nc(N[C@H]4CC[C@H](NC5CCC(CNC(=O)OC(C)(C)C)CC5)C4)ncc3C(F)(F)F)c[nH]c2c1P(C)(C)=O. The molecule has 2 saturated carbocycles. The number of nitrogens with zero attached hydrogens (tertiary/aromatic N) is 2. The fraction of sp³-hybridized carbons (Fsp3) is 0.588. The van der Waals surface area contributed by atoms with E-state index in [0.29, 0.717) is 29.4 Å². The lowest BCUT2D eigenvalue weighted by Gasteiger charge is -2.31. The van der Waals surface area contributed by atoms with Crippen molar-refractivity contribution in [1.82, 2.24) is 25.6 Å². The van der Waals surface area contributed by atoms with Crippen molar-refractivity contribution in [3.8, 4) is 11.3 Å². The van der Waals surface area contributed by atoms with Gasteiger partial charge in [-0.25, -0.2) is 19.6 Å². The molecule has 0 radical (unpaired) electrons. The zero-order chi connectivity index (χ0) is 35.7. The number of carbonyl (C=O) groups excluding carboxylic acids is 2. The fourth-order valence-corrected chi connectivity index (χ4v) is 8.40. The maximum absolute atomic E-state index is 14.2. The largest absolute Gasteiger partial charge is 0.465 e. The van der Waals surface area contributed by atoms with Gasteiger partial charge in [-0.15, -0.1) is 0 Å². The molecule has 5 rings (SSSR count). The Kier molecular flexibility index (Phi) is 10.7. The predicted octanol–water partition coefficient (Wildman–Crippen LogP) is 6.68. The molecule has 11 nitrogen and oxygen atoms in total. The summed E-state index contributed by atoms with van der Waals surface area (Å²) in [5, 5.41) is 10.5. The number of benzene rings is 1. The van der Waals surface area contributed by atoms with Crippen molar-refractivity contribution in [2.24, 2.45) is 5.92 Å². The highest BCUT2D eigenvalue weighted by atomic mass is 31.2. The summed E-state index contributed by atoms with van der Waals surface area (Å²) in [6.07, 6.45) is 3.54. The van der Waals surface area contributed by atoms with Gasteiger partial charge in [0.25, 0.3) is 0 Å². The number of esters is 1. The Bertz CT molecular complexity index is 1730. The van der Waals surface area contributed by atoms with E-state index < -0.39 is 36.5 Å². The number of alkyl carbamates (subject to hydrolysis) is 1. The number of fused-ring (bicyclic) bond motifs is 1. The van der Waals surface area contributed by atoms with Crippen molar-refractivity contribution < 1.29 is 36.8 Å². The summed E-state index contributed by atoms with van der Waals surface area (Å²) in [5.74, 6) is -0.197. The number of methoxy groups -OCH3 is 1. The van der Waals surface area contributed by atoms with Crippen LogP contribution in [0.15, 0.2) is 24.5 Å². The first-order valence-electron chi connectivity index (χ1n) is 16.6. The molecular formula is C34H46F3N6O5P. The zero-order valence-electron chi connectivity index (χ0n) is 28.8. The van der Waals surface area contributed by atoms with E-state index in [1.54, 1.807) is 0 Å². The first-order chi connectivity index (χ1) is 22.9. The van der Waals surface area contributed by atoms with E-state index in [-0.39, 0.29) is 40.2 Å². The molecule has 0 bridgehead atoms. The van der Waals surface area contributed by atoms with Gasteiger partial charge >= 0.3 is 18.2 Å². The van der Waals surface area contributed by atoms with E-state index in [1.807, 2.05) is 20.8 Å². The number of halogens is 3. The monoisotopic (exact) mass is 706 g/mol. The van der Waals surface area contributed by atoms with Crippen LogP contribution in [-0.2, 0) is 20.2 Å². The van der Waals surface area contributed by atoms with E-state index in [2.05, 4.69) is 30.9 Å². The molecule has 1 amide bonds. The molecule has 0 saturated heterocycles. The molecule has 0 unspecified atom stereocenters. The van der Waals surface area contributed by atoms with Gasteiger partial charge in [0.2, 0.25) is 5.95 Å². The number of H-pyrrole nitrogens is 1. The normalized spacial score (nSPS) is 21.8. The van der Waals surface area contributed by atoms with Crippen LogP contribution in [0, 0.1) is 5.92 Å². The second-order valence-corrected chi connectivity index (χ2v) is 17.7. The summed E-state index contributed by atoms with van der Waals surface area (Å²) in [6.45, 7) is 9.09. The summed E-state index contributed by atoms with van der Waals surface area (Å²) < 4.78 is 66.2. The molecule has 1 aromatic carbocycles. The van der Waals surface area contributed by atoms with Gasteiger partial charge < -0.3 is 35.0 Å². The molecule has 49 heavy (non-hydrogen) atoms. The Morgan fingerprint density at radius 2 is 1.69 bits per heavy atom. The minimum Gasteiger partial charge on any atom is -0.465 e. The van der Waals surface area contributed by atoms with E-state index in [4.69, 9.17) is 9.47 Å². The van der Waals surface area contributed by atoms with Gasteiger partial charge in [-0.2, -0.15) is 13.2 Å². The van der Waals surface area contributed by atoms with Crippen LogP contribution in [-0.4, -0.2) is 77.7 Å². The molecule has 2 atom stereocenters. The van der Waals surface area contributed by atoms with E-state index in [1.165, 1.54) is 38.8 Å². The molecule has 0 aliphatic heterocycles. The van der Waals surface area contributed by atoms with Gasteiger partial charge in [0, 0.05) is 53.3 Å². The Balaban J connectivity index is 1.26. The van der Waals surface area contributed by atoms with Gasteiger partial charge in [-0.3, -0.25) is 0 Å². The highest BCUT2D eigenvalue weighted by molar-refractivity contribution is 7.70. The summed E-state index contributed by atoms with van der Waals surface area (Å²) in [6, 6.07) is 3.53. The van der Waals surface area contributed by atoms with Crippen LogP contribution in [0.1, 0.15) is 81.6 Å². The third-order valence-electron chi connectivity index (χ3n) is 9.14. The number of rotatable bonds is 9. The predicted molar refractivity (Wildman–Crippen MR) is 183 cm³/mol. The van der Waals surface area contributed by atoms with E-state index >= 15 is 0 Å². The molecule has 2 fully saturated rings.